The Labute approximate surface area is 88.3 Å². The van der Waals surface area contributed by atoms with Crippen molar-refractivity contribution < 1.29 is 9.90 Å². The Balaban J connectivity index is 1.99. The number of aromatic hydroxyl groups is 1. The van der Waals surface area contributed by atoms with Crippen LogP contribution in [0, 0.1) is 5.41 Å². The van der Waals surface area contributed by atoms with E-state index in [1.807, 2.05) is 0 Å². The summed E-state index contributed by atoms with van der Waals surface area (Å²) in [4.78, 5) is 15.4. The van der Waals surface area contributed by atoms with E-state index in [1.54, 1.807) is 6.07 Å². The molecule has 1 fully saturated rings. The Morgan fingerprint density at radius 2 is 2.40 bits per heavy atom. The summed E-state index contributed by atoms with van der Waals surface area (Å²) < 4.78 is 0. The van der Waals surface area contributed by atoms with Crippen molar-refractivity contribution in [1.29, 1.82) is 0 Å². The van der Waals surface area contributed by atoms with Crippen LogP contribution in [0.4, 0.5) is 0 Å². The first-order chi connectivity index (χ1) is 7.11. The number of hydrogen-bond donors (Lipinski definition) is 2. The normalized spacial score (nSPS) is 17.1. The summed E-state index contributed by atoms with van der Waals surface area (Å²) in [6.07, 6.45) is 3.80. The average Bonchev–Trinajstić information content (AvgIpc) is 2.95. The molecule has 1 saturated carbocycles. The fourth-order valence-electron chi connectivity index (χ4n) is 1.34. The van der Waals surface area contributed by atoms with Crippen molar-refractivity contribution >= 4 is 5.91 Å². The molecule has 4 heteroatoms. The molecular weight excluding hydrogens is 192 g/mol. The molecule has 1 heterocycles. The lowest BCUT2D eigenvalue weighted by atomic mass is 10.1. The van der Waals surface area contributed by atoms with Crippen LogP contribution in [-0.4, -0.2) is 22.5 Å². The van der Waals surface area contributed by atoms with Crippen molar-refractivity contribution in [1.82, 2.24) is 10.3 Å². The molecule has 1 aromatic heterocycles. The first-order valence-electron chi connectivity index (χ1n) is 5.03. The third kappa shape index (κ3) is 2.26. The predicted octanol–water partition coefficient (Wildman–Crippen LogP) is 1.32. The summed E-state index contributed by atoms with van der Waals surface area (Å²) in [5, 5.41) is 12.2. The van der Waals surface area contributed by atoms with Crippen molar-refractivity contribution in [3.8, 4) is 5.75 Å². The number of nitrogens with one attached hydrogen (secondary N) is 1. The molecule has 0 bridgehead atoms. The maximum absolute atomic E-state index is 11.6. The van der Waals surface area contributed by atoms with Gasteiger partial charge in [-0.15, -0.1) is 0 Å². The molecule has 0 atom stereocenters. The molecule has 80 valence electrons. The van der Waals surface area contributed by atoms with Gasteiger partial charge in [0.2, 0.25) is 0 Å². The van der Waals surface area contributed by atoms with Gasteiger partial charge in [0.25, 0.3) is 5.91 Å². The maximum Gasteiger partial charge on any atom is 0.273 e. The summed E-state index contributed by atoms with van der Waals surface area (Å²) in [7, 11) is 0. The van der Waals surface area contributed by atoms with E-state index < -0.39 is 0 Å². The van der Waals surface area contributed by atoms with Gasteiger partial charge in [-0.2, -0.15) is 0 Å². The van der Waals surface area contributed by atoms with Gasteiger partial charge in [-0.05, 0) is 30.4 Å². The van der Waals surface area contributed by atoms with Gasteiger partial charge >= 0.3 is 0 Å². The SMILES string of the molecule is CC1(CNC(=O)c2ncccc2O)CC1. The molecule has 0 spiro atoms. The smallest absolute Gasteiger partial charge is 0.273 e. The number of hydrogen-bond acceptors (Lipinski definition) is 3. The summed E-state index contributed by atoms with van der Waals surface area (Å²) in [6.45, 7) is 2.79. The lowest BCUT2D eigenvalue weighted by molar-refractivity contribution is 0.0938. The second kappa shape index (κ2) is 3.53. The fourth-order valence-corrected chi connectivity index (χ4v) is 1.34. The molecule has 15 heavy (non-hydrogen) atoms. The molecule has 0 saturated heterocycles. The third-order valence-corrected chi connectivity index (χ3v) is 2.78. The average molecular weight is 206 g/mol. The molecule has 0 unspecified atom stereocenters. The number of nitrogens with zero attached hydrogens (tertiary/aromatic N) is 1. The number of carbonyl (C=O) groups is 1. The number of rotatable bonds is 3. The quantitative estimate of drug-likeness (QED) is 0.784. The Hall–Kier alpha value is -1.58. The number of pyridine rings is 1. The second-order valence-electron chi connectivity index (χ2n) is 4.36. The highest BCUT2D eigenvalue weighted by Gasteiger charge is 2.37. The van der Waals surface area contributed by atoms with Crippen molar-refractivity contribution in [3.63, 3.8) is 0 Å². The second-order valence-corrected chi connectivity index (χ2v) is 4.36. The zero-order valence-corrected chi connectivity index (χ0v) is 8.66. The molecule has 1 aromatic rings. The van der Waals surface area contributed by atoms with Crippen LogP contribution in [0.15, 0.2) is 18.3 Å². The van der Waals surface area contributed by atoms with E-state index in [2.05, 4.69) is 17.2 Å². The molecule has 4 nitrogen and oxygen atoms in total. The van der Waals surface area contributed by atoms with Crippen LogP contribution in [0.25, 0.3) is 0 Å². The highest BCUT2D eigenvalue weighted by Crippen LogP contribution is 2.44. The van der Waals surface area contributed by atoms with Gasteiger partial charge in [0.1, 0.15) is 5.75 Å². The summed E-state index contributed by atoms with van der Waals surface area (Å²) in [5.41, 5.74) is 0.363. The van der Waals surface area contributed by atoms with Crippen molar-refractivity contribution in [2.75, 3.05) is 6.54 Å². The van der Waals surface area contributed by atoms with Gasteiger partial charge in [0, 0.05) is 12.7 Å². The van der Waals surface area contributed by atoms with E-state index in [0.29, 0.717) is 6.54 Å². The molecule has 1 aliphatic carbocycles. The monoisotopic (exact) mass is 206 g/mol. The van der Waals surface area contributed by atoms with Crippen LogP contribution in [-0.2, 0) is 0 Å². The minimum absolute atomic E-state index is 0.0732. The molecule has 0 aliphatic heterocycles. The van der Waals surface area contributed by atoms with E-state index in [1.165, 1.54) is 12.3 Å². The third-order valence-electron chi connectivity index (χ3n) is 2.78. The largest absolute Gasteiger partial charge is 0.505 e. The van der Waals surface area contributed by atoms with Crippen LogP contribution < -0.4 is 5.32 Å². The Kier molecular flexibility index (Phi) is 2.34. The Morgan fingerprint density at radius 3 is 3.00 bits per heavy atom. The van der Waals surface area contributed by atoms with Gasteiger partial charge in [0.05, 0.1) is 0 Å². The molecule has 1 aliphatic rings. The molecule has 0 aromatic carbocycles. The zero-order chi connectivity index (χ0) is 10.9. The highest BCUT2D eigenvalue weighted by atomic mass is 16.3. The molecule has 2 rings (SSSR count). The van der Waals surface area contributed by atoms with Crippen molar-refractivity contribution in [3.05, 3.63) is 24.0 Å². The number of amides is 1. The minimum atomic E-state index is -0.304. The Bertz CT molecular complexity index is 386. The predicted molar refractivity (Wildman–Crippen MR) is 55.6 cm³/mol. The standard InChI is InChI=1S/C11H14N2O2/c1-11(4-5-11)7-13-10(15)9-8(14)3-2-6-12-9/h2-3,6,14H,4-5,7H2,1H3,(H,13,15). The van der Waals surface area contributed by atoms with Crippen LogP contribution in [0.5, 0.6) is 5.75 Å². The van der Waals surface area contributed by atoms with Gasteiger partial charge in [0.15, 0.2) is 5.69 Å². The van der Waals surface area contributed by atoms with E-state index >= 15 is 0 Å². The highest BCUT2D eigenvalue weighted by molar-refractivity contribution is 5.94. The van der Waals surface area contributed by atoms with Crippen LogP contribution >= 0.6 is 0 Å². The lowest BCUT2D eigenvalue weighted by Crippen LogP contribution is -2.29. The van der Waals surface area contributed by atoms with Gasteiger partial charge in [-0.1, -0.05) is 6.92 Å². The maximum atomic E-state index is 11.6. The first-order valence-corrected chi connectivity index (χ1v) is 5.03. The van der Waals surface area contributed by atoms with E-state index in [9.17, 15) is 9.90 Å². The topological polar surface area (TPSA) is 62.2 Å². The summed E-state index contributed by atoms with van der Waals surface area (Å²) in [6, 6.07) is 3.05. The number of aromatic nitrogens is 1. The zero-order valence-electron chi connectivity index (χ0n) is 8.66. The van der Waals surface area contributed by atoms with Gasteiger partial charge in [-0.3, -0.25) is 4.79 Å². The first kappa shape index (κ1) is 9.96. The van der Waals surface area contributed by atoms with Crippen LogP contribution in [0.3, 0.4) is 0 Å². The molecule has 2 N–H and O–H groups in total. The summed E-state index contributed by atoms with van der Waals surface area (Å²) in [5.74, 6) is -0.378. The van der Waals surface area contributed by atoms with E-state index in [4.69, 9.17) is 0 Å². The lowest BCUT2D eigenvalue weighted by Gasteiger charge is -2.09. The Morgan fingerprint density at radius 1 is 1.67 bits per heavy atom. The number of carbonyl (C=O) groups excluding carboxylic acids is 1. The molecule has 0 radical (unpaired) electrons. The summed E-state index contributed by atoms with van der Waals surface area (Å²) >= 11 is 0. The minimum Gasteiger partial charge on any atom is -0.505 e. The molecular formula is C11H14N2O2. The van der Waals surface area contributed by atoms with Gasteiger partial charge in [-0.25, -0.2) is 4.98 Å². The fraction of sp³-hybridized carbons (Fsp3) is 0.455. The van der Waals surface area contributed by atoms with Gasteiger partial charge < -0.3 is 10.4 Å². The van der Waals surface area contributed by atoms with E-state index in [-0.39, 0.29) is 22.8 Å². The molecule has 1 amide bonds. The van der Waals surface area contributed by atoms with Crippen molar-refractivity contribution in [2.45, 2.75) is 19.8 Å². The van der Waals surface area contributed by atoms with Crippen LogP contribution in [0.1, 0.15) is 30.3 Å². The van der Waals surface area contributed by atoms with Crippen LogP contribution in [0.2, 0.25) is 0 Å². The van der Waals surface area contributed by atoms with E-state index in [0.717, 1.165) is 12.8 Å². The van der Waals surface area contributed by atoms with Crippen molar-refractivity contribution in [2.24, 2.45) is 5.41 Å².